The fourth-order valence-corrected chi connectivity index (χ4v) is 0.800. The van der Waals surface area contributed by atoms with Crippen LogP contribution in [-0.4, -0.2) is 22.2 Å². The minimum atomic E-state index is -1.03. The van der Waals surface area contributed by atoms with Crippen LogP contribution in [0.1, 0.15) is 21.1 Å². The second-order valence-corrected chi connectivity index (χ2v) is 2.56. The third-order valence-corrected chi connectivity index (χ3v) is 1.46. The molecule has 0 atom stereocenters. The molecule has 0 unspecified atom stereocenters. The average Bonchev–Trinajstić information content (AvgIpc) is 2.93. The van der Waals surface area contributed by atoms with Gasteiger partial charge in [0, 0.05) is 19.5 Å². The normalized spacial score (nSPS) is 8.47. The van der Waals surface area contributed by atoms with Crippen molar-refractivity contribution in [2.45, 2.75) is 0 Å². The van der Waals surface area contributed by atoms with Gasteiger partial charge in [0.15, 0.2) is 0 Å². The van der Waals surface area contributed by atoms with Crippen LogP contribution in [0, 0.1) is 0 Å². The second kappa shape index (κ2) is 7.41. The van der Waals surface area contributed by atoms with Crippen LogP contribution in [0.3, 0.4) is 0 Å². The number of furan rings is 2. The minimum Gasteiger partial charge on any atom is -0.475 e. The van der Waals surface area contributed by atoms with Crippen molar-refractivity contribution >= 4 is 11.9 Å². The Labute approximate surface area is 109 Å². The van der Waals surface area contributed by atoms with Crippen LogP contribution in [0.5, 0.6) is 0 Å². The fraction of sp³-hybridized carbons (Fsp3) is 0. The van der Waals surface area contributed by atoms with E-state index in [9.17, 15) is 9.59 Å². The summed E-state index contributed by atoms with van der Waals surface area (Å²) in [5.74, 6) is -2.11. The van der Waals surface area contributed by atoms with E-state index in [0.717, 1.165) is 0 Å². The van der Waals surface area contributed by atoms with Crippen LogP contribution >= 0.6 is 0 Å². The van der Waals surface area contributed by atoms with Crippen molar-refractivity contribution in [2.24, 2.45) is 0 Å². The van der Waals surface area contributed by atoms with Crippen molar-refractivity contribution in [1.29, 1.82) is 0 Å². The van der Waals surface area contributed by atoms with Gasteiger partial charge in [-0.15, -0.1) is 0 Å². The van der Waals surface area contributed by atoms with Crippen LogP contribution in [0.15, 0.2) is 45.6 Å². The van der Waals surface area contributed by atoms with E-state index >= 15 is 0 Å². The quantitative estimate of drug-likeness (QED) is 0.820. The largest absolute Gasteiger partial charge is 0.475 e. The zero-order chi connectivity index (χ0) is 12.0. The van der Waals surface area contributed by atoms with E-state index in [0.29, 0.717) is 0 Å². The molecule has 0 aromatic carbocycles. The zero-order valence-corrected chi connectivity index (χ0v) is 11.7. The topological polar surface area (TPSA) is 101 Å². The molecule has 0 aliphatic heterocycles. The van der Waals surface area contributed by atoms with Gasteiger partial charge in [-0.3, -0.25) is 0 Å². The fourth-order valence-electron chi connectivity index (χ4n) is 0.800. The molecule has 2 N–H and O–H groups in total. The first-order chi connectivity index (χ1) is 7.61. The second-order valence-electron chi connectivity index (χ2n) is 2.56. The van der Waals surface area contributed by atoms with E-state index in [1.807, 2.05) is 0 Å². The summed E-state index contributed by atoms with van der Waals surface area (Å²) >= 11 is 0. The van der Waals surface area contributed by atoms with Crippen LogP contribution in [0.25, 0.3) is 0 Å². The molecular formula is C10H8O6Zn. The Morgan fingerprint density at radius 1 is 0.882 bits per heavy atom. The van der Waals surface area contributed by atoms with Crippen LogP contribution in [0.4, 0.5) is 0 Å². The zero-order valence-electron chi connectivity index (χ0n) is 8.70. The van der Waals surface area contributed by atoms with Gasteiger partial charge < -0.3 is 19.0 Å². The molecule has 0 aliphatic rings. The third kappa shape index (κ3) is 5.13. The molecule has 0 amide bonds. The van der Waals surface area contributed by atoms with Gasteiger partial charge in [-0.2, -0.15) is 0 Å². The van der Waals surface area contributed by atoms with Crippen LogP contribution in [-0.2, 0) is 19.5 Å². The molecule has 2 aromatic heterocycles. The first-order valence-corrected chi connectivity index (χ1v) is 4.15. The molecule has 0 saturated heterocycles. The Kier molecular flexibility index (Phi) is 6.59. The maximum Gasteiger partial charge on any atom is 0.371 e. The number of aromatic carboxylic acids is 2. The molecule has 2 rings (SSSR count). The van der Waals surface area contributed by atoms with Gasteiger partial charge in [0.05, 0.1) is 12.5 Å². The third-order valence-electron chi connectivity index (χ3n) is 1.46. The average molecular weight is 290 g/mol. The summed E-state index contributed by atoms with van der Waals surface area (Å²) in [4.78, 5) is 19.9. The summed E-state index contributed by atoms with van der Waals surface area (Å²) in [5, 5.41) is 16.4. The minimum absolute atomic E-state index is 0. The molecule has 7 heteroatoms. The molecule has 0 aliphatic carbocycles. The molecule has 0 bridgehead atoms. The number of carboxylic acids is 2. The predicted molar refractivity (Wildman–Crippen MR) is 51.3 cm³/mol. The monoisotopic (exact) mass is 288 g/mol. The van der Waals surface area contributed by atoms with Gasteiger partial charge >= 0.3 is 11.9 Å². The van der Waals surface area contributed by atoms with E-state index in [2.05, 4.69) is 8.83 Å². The summed E-state index contributed by atoms with van der Waals surface area (Å²) in [7, 11) is 0. The van der Waals surface area contributed by atoms with Gasteiger partial charge in [-0.1, -0.05) is 0 Å². The SMILES string of the molecule is O=C(O)c1ccco1.O=C(O)c1ccco1.[Zn]. The summed E-state index contributed by atoms with van der Waals surface area (Å²) in [6, 6.07) is 5.84. The van der Waals surface area contributed by atoms with Gasteiger partial charge in [-0.05, 0) is 24.3 Å². The Balaban J connectivity index is 0.000000284. The van der Waals surface area contributed by atoms with Crippen molar-refractivity contribution in [3.05, 3.63) is 48.3 Å². The Hall–Kier alpha value is -1.88. The number of hydrogen-bond donors (Lipinski definition) is 2. The molecule has 86 valence electrons. The van der Waals surface area contributed by atoms with Crippen molar-refractivity contribution in [2.75, 3.05) is 0 Å². The molecule has 0 radical (unpaired) electrons. The van der Waals surface area contributed by atoms with Crippen molar-refractivity contribution in [1.82, 2.24) is 0 Å². The Bertz CT molecular complexity index is 401. The van der Waals surface area contributed by atoms with Crippen molar-refractivity contribution in [3.63, 3.8) is 0 Å². The number of carboxylic acid groups (broad SMARTS) is 2. The van der Waals surface area contributed by atoms with Crippen LogP contribution in [0.2, 0.25) is 0 Å². The predicted octanol–water partition coefficient (Wildman–Crippen LogP) is 1.95. The molecule has 6 nitrogen and oxygen atoms in total. The number of rotatable bonds is 2. The molecule has 0 fully saturated rings. The smallest absolute Gasteiger partial charge is 0.371 e. The standard InChI is InChI=1S/2C5H4O3.Zn/c2*6-5(7)4-2-1-3-8-4;/h2*1-3H,(H,6,7);. The molecule has 0 spiro atoms. The summed E-state index contributed by atoms with van der Waals surface area (Å²) in [6.07, 6.45) is 2.65. The molecule has 2 aromatic rings. The Morgan fingerprint density at radius 2 is 1.24 bits per heavy atom. The van der Waals surface area contributed by atoms with E-state index in [-0.39, 0.29) is 31.0 Å². The van der Waals surface area contributed by atoms with Crippen molar-refractivity contribution in [3.8, 4) is 0 Å². The first-order valence-electron chi connectivity index (χ1n) is 4.15. The van der Waals surface area contributed by atoms with Crippen LogP contribution < -0.4 is 0 Å². The van der Waals surface area contributed by atoms with E-state index in [4.69, 9.17) is 10.2 Å². The summed E-state index contributed by atoms with van der Waals surface area (Å²) in [6.45, 7) is 0. The first kappa shape index (κ1) is 15.1. The maximum atomic E-state index is 9.97. The van der Waals surface area contributed by atoms with Gasteiger partial charge in [0.1, 0.15) is 0 Å². The van der Waals surface area contributed by atoms with Gasteiger partial charge in [-0.25, -0.2) is 9.59 Å². The van der Waals surface area contributed by atoms with Crippen molar-refractivity contribution < 1.29 is 48.1 Å². The van der Waals surface area contributed by atoms with E-state index < -0.39 is 11.9 Å². The molecule has 0 saturated carbocycles. The summed E-state index contributed by atoms with van der Waals surface area (Å²) < 4.78 is 8.99. The van der Waals surface area contributed by atoms with Gasteiger partial charge in [0.25, 0.3) is 0 Å². The van der Waals surface area contributed by atoms with E-state index in [1.54, 1.807) is 0 Å². The maximum absolute atomic E-state index is 9.97. The molecule has 2 heterocycles. The summed E-state index contributed by atoms with van der Waals surface area (Å²) in [5.41, 5.74) is 0. The molecule has 17 heavy (non-hydrogen) atoms. The molecular weight excluding hydrogens is 281 g/mol. The number of carbonyl (C=O) groups is 2. The number of hydrogen-bond acceptors (Lipinski definition) is 4. The van der Waals surface area contributed by atoms with E-state index in [1.165, 1.54) is 36.8 Å². The van der Waals surface area contributed by atoms with Gasteiger partial charge in [0.2, 0.25) is 11.5 Å². The Morgan fingerprint density at radius 3 is 1.35 bits per heavy atom.